The lowest BCUT2D eigenvalue weighted by atomic mass is 9.80. The van der Waals surface area contributed by atoms with Crippen LogP contribution in [-0.2, 0) is 9.59 Å². The lowest BCUT2D eigenvalue weighted by molar-refractivity contribution is -0.135. The summed E-state index contributed by atoms with van der Waals surface area (Å²) in [6.45, 7) is 5.67. The van der Waals surface area contributed by atoms with Gasteiger partial charge in [-0.3, -0.25) is 9.59 Å². The topological polar surface area (TPSA) is 75.4 Å². The van der Waals surface area contributed by atoms with E-state index >= 15 is 0 Å². The van der Waals surface area contributed by atoms with Gasteiger partial charge in [-0.2, -0.15) is 0 Å². The van der Waals surface area contributed by atoms with Crippen molar-refractivity contribution in [3.63, 3.8) is 0 Å². The number of nitrogens with one attached hydrogen (secondary N) is 1. The Hall–Kier alpha value is -1.10. The van der Waals surface area contributed by atoms with E-state index in [1.165, 1.54) is 0 Å². The van der Waals surface area contributed by atoms with E-state index in [0.717, 1.165) is 32.2 Å². The molecule has 122 valence electrons. The first kappa shape index (κ1) is 18.0. The summed E-state index contributed by atoms with van der Waals surface area (Å²) in [6, 6.07) is 0. The second-order valence-corrected chi connectivity index (χ2v) is 6.77. The minimum atomic E-state index is -0.0774. The third-order valence-electron chi connectivity index (χ3n) is 4.28. The van der Waals surface area contributed by atoms with Gasteiger partial charge in [0.2, 0.25) is 11.8 Å². The Bertz CT molecular complexity index is 336. The number of likely N-dealkylation sites (N-methyl/N-ethyl adjacent to an activating group) is 1. The maximum Gasteiger partial charge on any atom is 0.239 e. The number of nitrogens with two attached hydrogens (primary N) is 1. The minimum Gasteiger partial charge on any atom is -0.354 e. The fourth-order valence-electron chi connectivity index (χ4n) is 2.75. The lowest BCUT2D eigenvalue weighted by Crippen LogP contribution is -2.40. The van der Waals surface area contributed by atoms with Crippen LogP contribution in [0.2, 0.25) is 0 Å². The van der Waals surface area contributed by atoms with Gasteiger partial charge in [-0.05, 0) is 50.0 Å². The zero-order chi connectivity index (χ0) is 15.8. The van der Waals surface area contributed by atoms with Crippen molar-refractivity contribution >= 4 is 11.8 Å². The monoisotopic (exact) mass is 297 g/mol. The predicted molar refractivity (Wildman–Crippen MR) is 84.6 cm³/mol. The summed E-state index contributed by atoms with van der Waals surface area (Å²) < 4.78 is 0. The first-order valence-electron chi connectivity index (χ1n) is 8.13. The van der Waals surface area contributed by atoms with Gasteiger partial charge in [-0.15, -0.1) is 0 Å². The molecule has 0 spiro atoms. The molecule has 21 heavy (non-hydrogen) atoms. The van der Waals surface area contributed by atoms with E-state index in [2.05, 4.69) is 5.32 Å². The molecule has 0 aromatic heterocycles. The molecule has 1 rings (SSSR count). The highest BCUT2D eigenvalue weighted by Gasteiger charge is 2.24. The average molecular weight is 297 g/mol. The first-order chi connectivity index (χ1) is 9.92. The molecule has 1 fully saturated rings. The number of nitrogens with zero attached hydrogens (tertiary/aromatic N) is 1. The van der Waals surface area contributed by atoms with Gasteiger partial charge in [-0.1, -0.05) is 13.8 Å². The van der Waals surface area contributed by atoms with Crippen LogP contribution < -0.4 is 11.1 Å². The molecule has 5 nitrogen and oxygen atoms in total. The van der Waals surface area contributed by atoms with Crippen molar-refractivity contribution in [2.45, 2.75) is 46.0 Å². The van der Waals surface area contributed by atoms with Crippen LogP contribution in [0.1, 0.15) is 46.0 Å². The molecule has 1 aliphatic rings. The molecule has 0 unspecified atom stereocenters. The SMILES string of the molecule is CC(C)CNC(=O)CN(C)C(=O)CC1CCC(CN)CC1. The summed E-state index contributed by atoms with van der Waals surface area (Å²) in [6.07, 6.45) is 4.99. The maximum atomic E-state index is 12.2. The lowest BCUT2D eigenvalue weighted by Gasteiger charge is -2.28. The van der Waals surface area contributed by atoms with Crippen LogP contribution in [0.3, 0.4) is 0 Å². The van der Waals surface area contributed by atoms with Crippen molar-refractivity contribution in [3.05, 3.63) is 0 Å². The molecule has 0 heterocycles. The molecule has 0 aliphatic heterocycles. The number of rotatable bonds is 7. The van der Waals surface area contributed by atoms with Gasteiger partial charge in [0.25, 0.3) is 0 Å². The van der Waals surface area contributed by atoms with Crippen molar-refractivity contribution in [1.29, 1.82) is 0 Å². The second-order valence-electron chi connectivity index (χ2n) is 6.77. The molecule has 0 bridgehead atoms. The summed E-state index contributed by atoms with van der Waals surface area (Å²) in [5.41, 5.74) is 5.68. The van der Waals surface area contributed by atoms with E-state index in [1.54, 1.807) is 11.9 Å². The van der Waals surface area contributed by atoms with Crippen LogP contribution in [0.25, 0.3) is 0 Å². The van der Waals surface area contributed by atoms with Crippen molar-refractivity contribution in [2.24, 2.45) is 23.5 Å². The minimum absolute atomic E-state index is 0.0749. The highest BCUT2D eigenvalue weighted by Crippen LogP contribution is 2.30. The molecule has 1 aliphatic carbocycles. The van der Waals surface area contributed by atoms with Crippen molar-refractivity contribution in [1.82, 2.24) is 10.2 Å². The molecule has 5 heteroatoms. The van der Waals surface area contributed by atoms with Crippen LogP contribution >= 0.6 is 0 Å². The van der Waals surface area contributed by atoms with Gasteiger partial charge < -0.3 is 16.0 Å². The van der Waals surface area contributed by atoms with Gasteiger partial charge in [0, 0.05) is 20.0 Å². The highest BCUT2D eigenvalue weighted by molar-refractivity contribution is 5.84. The van der Waals surface area contributed by atoms with Crippen molar-refractivity contribution in [3.8, 4) is 0 Å². The molecule has 0 aromatic rings. The number of hydrogen-bond donors (Lipinski definition) is 2. The quantitative estimate of drug-likeness (QED) is 0.745. The molecule has 3 N–H and O–H groups in total. The third-order valence-corrected chi connectivity index (χ3v) is 4.28. The Labute approximate surface area is 128 Å². The number of carbonyl (C=O) groups excluding carboxylic acids is 2. The summed E-state index contributed by atoms with van der Waals surface area (Å²) >= 11 is 0. The van der Waals surface area contributed by atoms with Gasteiger partial charge >= 0.3 is 0 Å². The maximum absolute atomic E-state index is 12.2. The Kier molecular flexibility index (Phi) is 7.72. The number of carbonyl (C=O) groups is 2. The average Bonchev–Trinajstić information content (AvgIpc) is 2.45. The Morgan fingerprint density at radius 3 is 2.29 bits per heavy atom. The molecule has 0 aromatic carbocycles. The van der Waals surface area contributed by atoms with E-state index in [4.69, 9.17) is 5.73 Å². The molecule has 0 radical (unpaired) electrons. The van der Waals surface area contributed by atoms with Crippen LogP contribution in [0.4, 0.5) is 0 Å². The van der Waals surface area contributed by atoms with E-state index in [-0.39, 0.29) is 18.4 Å². The van der Waals surface area contributed by atoms with Crippen LogP contribution in [0.15, 0.2) is 0 Å². The second kappa shape index (κ2) is 9.03. The molecular weight excluding hydrogens is 266 g/mol. The standard InChI is InChI=1S/C16H31N3O2/c1-12(2)10-18-15(20)11-19(3)16(21)8-13-4-6-14(9-17)7-5-13/h12-14H,4-11,17H2,1-3H3,(H,18,20). The van der Waals surface area contributed by atoms with Crippen molar-refractivity contribution in [2.75, 3.05) is 26.7 Å². The predicted octanol–water partition coefficient (Wildman–Crippen LogP) is 1.37. The van der Waals surface area contributed by atoms with E-state index in [1.807, 2.05) is 13.8 Å². The fraction of sp³-hybridized carbons (Fsp3) is 0.875. The Morgan fingerprint density at radius 2 is 1.76 bits per heavy atom. The smallest absolute Gasteiger partial charge is 0.239 e. The largest absolute Gasteiger partial charge is 0.354 e. The van der Waals surface area contributed by atoms with Crippen LogP contribution in [-0.4, -0.2) is 43.4 Å². The normalized spacial score (nSPS) is 22.1. The highest BCUT2D eigenvalue weighted by atomic mass is 16.2. The summed E-state index contributed by atoms with van der Waals surface area (Å²) in [5.74, 6) is 1.52. The Balaban J connectivity index is 2.26. The summed E-state index contributed by atoms with van der Waals surface area (Å²) in [4.78, 5) is 25.4. The molecule has 2 amide bonds. The van der Waals surface area contributed by atoms with Crippen LogP contribution in [0, 0.1) is 17.8 Å². The number of amides is 2. The van der Waals surface area contributed by atoms with Gasteiger partial charge in [0.1, 0.15) is 0 Å². The van der Waals surface area contributed by atoms with E-state index in [0.29, 0.717) is 30.7 Å². The van der Waals surface area contributed by atoms with E-state index < -0.39 is 0 Å². The third kappa shape index (κ3) is 6.93. The van der Waals surface area contributed by atoms with Gasteiger partial charge in [0.15, 0.2) is 0 Å². The van der Waals surface area contributed by atoms with E-state index in [9.17, 15) is 9.59 Å². The number of hydrogen-bond acceptors (Lipinski definition) is 3. The van der Waals surface area contributed by atoms with Crippen LogP contribution in [0.5, 0.6) is 0 Å². The Morgan fingerprint density at radius 1 is 1.19 bits per heavy atom. The first-order valence-corrected chi connectivity index (χ1v) is 8.13. The summed E-state index contributed by atoms with van der Waals surface area (Å²) in [5, 5.41) is 2.84. The summed E-state index contributed by atoms with van der Waals surface area (Å²) in [7, 11) is 1.71. The fourth-order valence-corrected chi connectivity index (χ4v) is 2.75. The molecule has 1 saturated carbocycles. The molecule has 0 atom stereocenters. The molecule has 0 saturated heterocycles. The zero-order valence-corrected chi connectivity index (χ0v) is 13.7. The van der Waals surface area contributed by atoms with Gasteiger partial charge in [0.05, 0.1) is 6.54 Å². The van der Waals surface area contributed by atoms with Crippen molar-refractivity contribution < 1.29 is 9.59 Å². The molecular formula is C16H31N3O2. The zero-order valence-electron chi connectivity index (χ0n) is 13.7. The van der Waals surface area contributed by atoms with Gasteiger partial charge in [-0.25, -0.2) is 0 Å².